The van der Waals surface area contributed by atoms with Crippen molar-refractivity contribution in [2.75, 3.05) is 5.32 Å². The van der Waals surface area contributed by atoms with Crippen molar-refractivity contribution in [3.63, 3.8) is 0 Å². The van der Waals surface area contributed by atoms with Crippen molar-refractivity contribution in [2.45, 2.75) is 13.5 Å². The van der Waals surface area contributed by atoms with Crippen LogP contribution in [0.4, 0.5) is 5.82 Å². The summed E-state index contributed by atoms with van der Waals surface area (Å²) in [5, 5.41) is 7.94. The molecular formula is C14H15N5OS. The van der Waals surface area contributed by atoms with Gasteiger partial charge >= 0.3 is 0 Å². The molecule has 0 fully saturated rings. The molecule has 0 saturated heterocycles. The number of aryl methyl sites for hydroxylation is 2. The fourth-order valence-corrected chi connectivity index (χ4v) is 2.96. The van der Waals surface area contributed by atoms with Crippen LogP contribution in [0.15, 0.2) is 24.4 Å². The lowest BCUT2D eigenvalue weighted by Gasteiger charge is -2.07. The first-order valence-electron chi connectivity index (χ1n) is 6.48. The average molecular weight is 301 g/mol. The Morgan fingerprint density at radius 2 is 2.29 bits per heavy atom. The highest BCUT2D eigenvalue weighted by atomic mass is 32.1. The van der Waals surface area contributed by atoms with Crippen LogP contribution in [0.1, 0.15) is 20.9 Å². The minimum Gasteiger partial charge on any atom is -0.326 e. The van der Waals surface area contributed by atoms with Crippen LogP contribution in [0.3, 0.4) is 0 Å². The quantitative estimate of drug-likeness (QED) is 0.775. The van der Waals surface area contributed by atoms with E-state index in [-0.39, 0.29) is 5.91 Å². The van der Waals surface area contributed by atoms with Crippen LogP contribution in [-0.2, 0) is 13.6 Å². The summed E-state index contributed by atoms with van der Waals surface area (Å²) >= 11 is 1.61. The Bertz CT molecular complexity index is 820. The zero-order valence-electron chi connectivity index (χ0n) is 11.8. The number of anilines is 1. The molecule has 1 aromatic carbocycles. The third kappa shape index (κ3) is 2.53. The lowest BCUT2D eigenvalue weighted by molar-refractivity contribution is 0.102. The maximum absolute atomic E-state index is 12.4. The van der Waals surface area contributed by atoms with Crippen LogP contribution >= 0.6 is 11.3 Å². The zero-order valence-corrected chi connectivity index (χ0v) is 12.6. The number of hydrogen-bond acceptors (Lipinski definition) is 5. The van der Waals surface area contributed by atoms with E-state index in [2.05, 4.69) is 15.4 Å². The summed E-state index contributed by atoms with van der Waals surface area (Å²) in [7, 11) is 1.77. The Balaban J connectivity index is 1.91. The second-order valence-corrected chi connectivity index (χ2v) is 5.95. The number of amides is 1. The Hall–Kier alpha value is -2.25. The summed E-state index contributed by atoms with van der Waals surface area (Å²) in [6, 6.07) is 5.52. The van der Waals surface area contributed by atoms with Crippen LogP contribution in [-0.4, -0.2) is 20.7 Å². The number of fused-ring (bicyclic) bond motifs is 1. The molecule has 3 N–H and O–H groups in total. The third-order valence-corrected chi connectivity index (χ3v) is 4.17. The van der Waals surface area contributed by atoms with Crippen molar-refractivity contribution in [2.24, 2.45) is 12.8 Å². The van der Waals surface area contributed by atoms with Gasteiger partial charge in [0, 0.05) is 24.7 Å². The lowest BCUT2D eigenvalue weighted by Crippen LogP contribution is -2.16. The van der Waals surface area contributed by atoms with Gasteiger partial charge in [-0.3, -0.25) is 9.48 Å². The van der Waals surface area contributed by atoms with Gasteiger partial charge in [0.2, 0.25) is 0 Å². The predicted molar refractivity (Wildman–Crippen MR) is 83.4 cm³/mol. The van der Waals surface area contributed by atoms with Crippen molar-refractivity contribution in [3.05, 3.63) is 40.5 Å². The number of thiazole rings is 1. The van der Waals surface area contributed by atoms with Gasteiger partial charge in [-0.2, -0.15) is 5.10 Å². The summed E-state index contributed by atoms with van der Waals surface area (Å²) < 4.78 is 2.68. The molecular weight excluding hydrogens is 286 g/mol. The summed E-state index contributed by atoms with van der Waals surface area (Å²) in [5.74, 6) is 0.429. The van der Waals surface area contributed by atoms with Crippen molar-refractivity contribution in [1.82, 2.24) is 14.8 Å². The molecule has 21 heavy (non-hydrogen) atoms. The number of aromatic nitrogens is 3. The maximum atomic E-state index is 12.4. The van der Waals surface area contributed by atoms with E-state index in [1.54, 1.807) is 41.4 Å². The van der Waals surface area contributed by atoms with E-state index in [9.17, 15) is 4.79 Å². The standard InChI is InChI=1S/C14H15N5OS/c1-8-17-11-5-9(3-4-12(11)21-8)14(20)18-13-10(6-15)7-16-19(13)2/h3-5,7H,6,15H2,1-2H3,(H,18,20). The molecule has 2 aromatic heterocycles. The van der Waals surface area contributed by atoms with Crippen molar-refractivity contribution >= 4 is 33.3 Å². The van der Waals surface area contributed by atoms with Crippen LogP contribution in [0.2, 0.25) is 0 Å². The number of nitrogens with one attached hydrogen (secondary N) is 1. The highest BCUT2D eigenvalue weighted by Crippen LogP contribution is 2.23. The van der Waals surface area contributed by atoms with E-state index < -0.39 is 0 Å². The number of benzene rings is 1. The number of nitrogens with zero attached hydrogens (tertiary/aromatic N) is 3. The molecule has 3 rings (SSSR count). The van der Waals surface area contributed by atoms with Gasteiger partial charge in [0.25, 0.3) is 5.91 Å². The maximum Gasteiger partial charge on any atom is 0.256 e. The fraction of sp³-hybridized carbons (Fsp3) is 0.214. The van der Waals surface area contributed by atoms with E-state index in [1.165, 1.54) is 0 Å². The van der Waals surface area contributed by atoms with Gasteiger partial charge < -0.3 is 11.1 Å². The van der Waals surface area contributed by atoms with Gasteiger partial charge in [-0.05, 0) is 25.1 Å². The number of hydrogen-bond donors (Lipinski definition) is 2. The SMILES string of the molecule is Cc1nc2cc(C(=O)Nc3c(CN)cnn3C)ccc2s1. The molecule has 7 heteroatoms. The molecule has 1 amide bonds. The molecule has 3 aromatic rings. The predicted octanol–water partition coefficient (Wildman–Crippen LogP) is 2.05. The first-order chi connectivity index (χ1) is 10.1. The topological polar surface area (TPSA) is 85.8 Å². The second-order valence-electron chi connectivity index (χ2n) is 4.72. The van der Waals surface area contributed by atoms with Gasteiger partial charge in [-0.25, -0.2) is 4.98 Å². The van der Waals surface area contributed by atoms with Crippen LogP contribution < -0.4 is 11.1 Å². The Kier molecular flexibility index (Phi) is 3.44. The number of carbonyl (C=O) groups is 1. The highest BCUT2D eigenvalue weighted by Gasteiger charge is 2.13. The van der Waals surface area contributed by atoms with Gasteiger partial charge in [-0.1, -0.05) is 0 Å². The number of rotatable bonds is 3. The molecule has 0 aliphatic heterocycles. The van der Waals surface area contributed by atoms with E-state index in [0.717, 1.165) is 20.8 Å². The van der Waals surface area contributed by atoms with Crippen LogP contribution in [0.25, 0.3) is 10.2 Å². The smallest absolute Gasteiger partial charge is 0.256 e. The van der Waals surface area contributed by atoms with E-state index in [0.29, 0.717) is 17.9 Å². The molecule has 0 unspecified atom stereocenters. The van der Waals surface area contributed by atoms with Gasteiger partial charge in [0.05, 0.1) is 21.4 Å². The number of carbonyl (C=O) groups excluding carboxylic acids is 1. The second kappa shape index (κ2) is 5.27. The first-order valence-corrected chi connectivity index (χ1v) is 7.29. The fourth-order valence-electron chi connectivity index (χ4n) is 2.16. The lowest BCUT2D eigenvalue weighted by atomic mass is 10.2. The van der Waals surface area contributed by atoms with Crippen molar-refractivity contribution in [3.8, 4) is 0 Å². The molecule has 0 atom stereocenters. The average Bonchev–Trinajstić information content (AvgIpc) is 3.00. The normalized spacial score (nSPS) is 11.0. The molecule has 108 valence electrons. The van der Waals surface area contributed by atoms with E-state index >= 15 is 0 Å². The van der Waals surface area contributed by atoms with E-state index in [1.807, 2.05) is 13.0 Å². The minimum atomic E-state index is -0.194. The minimum absolute atomic E-state index is 0.194. The van der Waals surface area contributed by atoms with Gasteiger partial charge in [0.1, 0.15) is 5.82 Å². The molecule has 0 aliphatic carbocycles. The molecule has 6 nitrogen and oxygen atoms in total. The molecule has 0 bridgehead atoms. The highest BCUT2D eigenvalue weighted by molar-refractivity contribution is 7.18. The summed E-state index contributed by atoms with van der Waals surface area (Å²) in [4.78, 5) is 16.8. The van der Waals surface area contributed by atoms with Crippen molar-refractivity contribution < 1.29 is 4.79 Å². The monoisotopic (exact) mass is 301 g/mol. The Morgan fingerprint density at radius 3 is 3.05 bits per heavy atom. The summed E-state index contributed by atoms with van der Waals surface area (Å²) in [5.41, 5.74) is 7.85. The zero-order chi connectivity index (χ0) is 15.0. The van der Waals surface area contributed by atoms with Crippen molar-refractivity contribution in [1.29, 1.82) is 0 Å². The van der Waals surface area contributed by atoms with Gasteiger partial charge in [0.15, 0.2) is 0 Å². The van der Waals surface area contributed by atoms with E-state index in [4.69, 9.17) is 5.73 Å². The summed E-state index contributed by atoms with van der Waals surface area (Å²) in [6.45, 7) is 2.28. The molecule has 0 saturated carbocycles. The molecule has 0 radical (unpaired) electrons. The molecule has 0 spiro atoms. The Morgan fingerprint density at radius 1 is 1.48 bits per heavy atom. The van der Waals surface area contributed by atoms with Gasteiger partial charge in [-0.15, -0.1) is 11.3 Å². The van der Waals surface area contributed by atoms with Crippen LogP contribution in [0.5, 0.6) is 0 Å². The largest absolute Gasteiger partial charge is 0.326 e. The van der Waals surface area contributed by atoms with Crippen LogP contribution in [0, 0.1) is 6.92 Å². The summed E-state index contributed by atoms with van der Waals surface area (Å²) in [6.07, 6.45) is 1.66. The third-order valence-electron chi connectivity index (χ3n) is 3.22. The molecule has 2 heterocycles. The Labute approximate surface area is 125 Å². The number of nitrogens with two attached hydrogens (primary N) is 1. The first kappa shape index (κ1) is 13.7. The molecule has 0 aliphatic rings.